The van der Waals surface area contributed by atoms with Crippen molar-refractivity contribution in [3.8, 4) is 11.5 Å². The van der Waals surface area contributed by atoms with Gasteiger partial charge in [0.1, 0.15) is 11.5 Å². The third-order valence-electron chi connectivity index (χ3n) is 6.32. The lowest BCUT2D eigenvalue weighted by atomic mass is 10.1. The summed E-state index contributed by atoms with van der Waals surface area (Å²) in [4.78, 5) is 29.0. The van der Waals surface area contributed by atoms with Crippen LogP contribution in [0.25, 0.3) is 10.8 Å². The second kappa shape index (κ2) is 9.62. The van der Waals surface area contributed by atoms with Gasteiger partial charge in [0.2, 0.25) is 0 Å². The van der Waals surface area contributed by atoms with Crippen molar-refractivity contribution in [2.75, 3.05) is 14.2 Å². The number of amides is 1. The molecule has 0 saturated heterocycles. The van der Waals surface area contributed by atoms with Crippen LogP contribution in [0.15, 0.2) is 77.6 Å². The minimum atomic E-state index is -0.214. The van der Waals surface area contributed by atoms with Crippen LogP contribution in [0.3, 0.4) is 0 Å². The number of carbonyl (C=O) groups excluding carboxylic acids is 1. The summed E-state index contributed by atoms with van der Waals surface area (Å²) >= 11 is 0. The van der Waals surface area contributed by atoms with Crippen LogP contribution in [-0.4, -0.2) is 40.8 Å². The molecule has 1 aromatic heterocycles. The van der Waals surface area contributed by atoms with Crippen molar-refractivity contribution in [1.29, 1.82) is 0 Å². The summed E-state index contributed by atoms with van der Waals surface area (Å²) in [6.07, 6.45) is 1.86. The summed E-state index contributed by atoms with van der Waals surface area (Å²) in [6.45, 7) is 0.648. The molecular weight excluding hydrogens is 442 g/mol. The number of nitrogens with zero attached hydrogens (tertiary/aromatic N) is 3. The van der Waals surface area contributed by atoms with Crippen LogP contribution in [-0.2, 0) is 13.1 Å². The molecule has 7 nitrogen and oxygen atoms in total. The molecule has 3 aromatic carbocycles. The first-order chi connectivity index (χ1) is 17.1. The topological polar surface area (TPSA) is 73.7 Å². The van der Waals surface area contributed by atoms with Gasteiger partial charge in [-0.2, -0.15) is 5.10 Å². The molecule has 0 unspecified atom stereocenters. The molecule has 0 bridgehead atoms. The average molecular weight is 470 g/mol. The van der Waals surface area contributed by atoms with Gasteiger partial charge in [-0.25, -0.2) is 4.68 Å². The maximum Gasteiger partial charge on any atom is 0.275 e. The number of methoxy groups -OCH3 is 2. The number of hydrogen-bond acceptors (Lipinski definition) is 5. The minimum Gasteiger partial charge on any atom is -0.497 e. The molecule has 0 spiro atoms. The summed E-state index contributed by atoms with van der Waals surface area (Å²) in [5.41, 5.74) is 1.86. The van der Waals surface area contributed by atoms with E-state index >= 15 is 0 Å². The zero-order valence-corrected chi connectivity index (χ0v) is 19.8. The molecule has 0 radical (unpaired) electrons. The standard InChI is InChI=1S/C28H27N3O4/c1-34-22-14-15-25(35-2)20(16-22)18-30(21-12-13-21)28(33)26-23-10-6-7-11-24(23)27(32)31(29-26)17-19-8-4-3-5-9-19/h3-11,14-16,21H,12-13,17-18H2,1-2H3. The number of ether oxygens (including phenoxy) is 2. The van der Waals surface area contributed by atoms with Gasteiger partial charge in [0.15, 0.2) is 5.69 Å². The molecule has 4 aromatic rings. The molecule has 1 aliphatic rings. The minimum absolute atomic E-state index is 0.119. The van der Waals surface area contributed by atoms with E-state index in [0.29, 0.717) is 28.8 Å². The van der Waals surface area contributed by atoms with E-state index in [-0.39, 0.29) is 29.7 Å². The zero-order valence-electron chi connectivity index (χ0n) is 19.8. The molecule has 0 atom stereocenters. The van der Waals surface area contributed by atoms with Crippen molar-refractivity contribution in [2.45, 2.75) is 32.0 Å². The van der Waals surface area contributed by atoms with Crippen LogP contribution < -0.4 is 15.0 Å². The summed E-state index contributed by atoms with van der Waals surface area (Å²) in [7, 11) is 3.23. The van der Waals surface area contributed by atoms with Crippen molar-refractivity contribution in [2.24, 2.45) is 0 Å². The fourth-order valence-corrected chi connectivity index (χ4v) is 4.33. The molecule has 7 heteroatoms. The Labute approximate surface area is 203 Å². The first kappa shape index (κ1) is 22.7. The molecule has 1 aliphatic carbocycles. The second-order valence-corrected chi connectivity index (χ2v) is 8.68. The van der Waals surface area contributed by atoms with Crippen LogP contribution in [0.4, 0.5) is 0 Å². The Morgan fingerprint density at radius 3 is 2.37 bits per heavy atom. The normalized spacial score (nSPS) is 13.0. The van der Waals surface area contributed by atoms with E-state index in [9.17, 15) is 9.59 Å². The largest absolute Gasteiger partial charge is 0.497 e. The van der Waals surface area contributed by atoms with Gasteiger partial charge in [-0.15, -0.1) is 0 Å². The lowest BCUT2D eigenvalue weighted by molar-refractivity contribution is 0.0722. The molecule has 0 N–H and O–H groups in total. The monoisotopic (exact) mass is 469 g/mol. The van der Waals surface area contributed by atoms with Gasteiger partial charge < -0.3 is 14.4 Å². The van der Waals surface area contributed by atoms with E-state index < -0.39 is 0 Å². The molecule has 1 saturated carbocycles. The maximum absolute atomic E-state index is 14.0. The van der Waals surface area contributed by atoms with E-state index in [1.54, 1.807) is 26.4 Å². The van der Waals surface area contributed by atoms with Gasteiger partial charge in [-0.3, -0.25) is 9.59 Å². The fraction of sp³-hybridized carbons (Fsp3) is 0.250. The fourth-order valence-electron chi connectivity index (χ4n) is 4.33. The quantitative estimate of drug-likeness (QED) is 0.385. The van der Waals surface area contributed by atoms with E-state index in [1.165, 1.54) is 4.68 Å². The van der Waals surface area contributed by atoms with Crippen molar-refractivity contribution < 1.29 is 14.3 Å². The Kier molecular flexibility index (Phi) is 6.23. The highest BCUT2D eigenvalue weighted by Gasteiger charge is 2.35. The maximum atomic E-state index is 14.0. The third-order valence-corrected chi connectivity index (χ3v) is 6.32. The number of rotatable bonds is 8. The lowest BCUT2D eigenvalue weighted by Gasteiger charge is -2.24. The Bertz CT molecular complexity index is 1430. The van der Waals surface area contributed by atoms with Gasteiger partial charge in [0.25, 0.3) is 11.5 Å². The highest BCUT2D eigenvalue weighted by Crippen LogP contribution is 2.33. The summed E-state index contributed by atoms with van der Waals surface area (Å²) in [6, 6.07) is 22.5. The van der Waals surface area contributed by atoms with Crippen molar-refractivity contribution in [3.63, 3.8) is 0 Å². The molecule has 1 heterocycles. The smallest absolute Gasteiger partial charge is 0.275 e. The number of benzene rings is 3. The summed E-state index contributed by atoms with van der Waals surface area (Å²) in [5, 5.41) is 5.65. The lowest BCUT2D eigenvalue weighted by Crippen LogP contribution is -2.36. The van der Waals surface area contributed by atoms with Gasteiger partial charge in [0.05, 0.1) is 32.7 Å². The zero-order chi connectivity index (χ0) is 24.4. The first-order valence-electron chi connectivity index (χ1n) is 11.6. The molecule has 1 fully saturated rings. The molecule has 5 rings (SSSR count). The Morgan fingerprint density at radius 1 is 0.971 bits per heavy atom. The first-order valence-corrected chi connectivity index (χ1v) is 11.6. The molecule has 178 valence electrons. The van der Waals surface area contributed by atoms with E-state index in [0.717, 1.165) is 24.0 Å². The van der Waals surface area contributed by atoms with Gasteiger partial charge in [-0.05, 0) is 42.7 Å². The second-order valence-electron chi connectivity index (χ2n) is 8.68. The number of carbonyl (C=O) groups is 1. The van der Waals surface area contributed by atoms with Crippen molar-refractivity contribution in [3.05, 3.63) is 100.0 Å². The summed E-state index contributed by atoms with van der Waals surface area (Å²) < 4.78 is 12.3. The highest BCUT2D eigenvalue weighted by atomic mass is 16.5. The third kappa shape index (κ3) is 4.62. The summed E-state index contributed by atoms with van der Waals surface area (Å²) in [5.74, 6) is 1.19. The van der Waals surface area contributed by atoms with E-state index in [4.69, 9.17) is 9.47 Å². The Balaban J connectivity index is 1.57. The number of fused-ring (bicyclic) bond motifs is 1. The molecule has 1 amide bonds. The molecule has 35 heavy (non-hydrogen) atoms. The predicted octanol–water partition coefficient (Wildman–Crippen LogP) is 4.27. The van der Waals surface area contributed by atoms with Crippen LogP contribution >= 0.6 is 0 Å². The molecule has 0 aliphatic heterocycles. The average Bonchev–Trinajstić information content (AvgIpc) is 3.74. The van der Waals surface area contributed by atoms with Crippen LogP contribution in [0.2, 0.25) is 0 Å². The SMILES string of the molecule is COc1ccc(OC)c(CN(C(=O)c2nn(Cc3ccccc3)c(=O)c3ccccc23)C2CC2)c1. The van der Waals surface area contributed by atoms with Crippen LogP contribution in [0, 0.1) is 0 Å². The van der Waals surface area contributed by atoms with Crippen LogP contribution in [0.1, 0.15) is 34.5 Å². The number of aromatic nitrogens is 2. The van der Waals surface area contributed by atoms with E-state index in [2.05, 4.69) is 5.10 Å². The van der Waals surface area contributed by atoms with E-state index in [1.807, 2.05) is 65.6 Å². The molecular formula is C28H27N3O4. The highest BCUT2D eigenvalue weighted by molar-refractivity contribution is 6.05. The van der Waals surface area contributed by atoms with Gasteiger partial charge >= 0.3 is 0 Å². The Hall–Kier alpha value is -4.13. The van der Waals surface area contributed by atoms with Crippen molar-refractivity contribution >= 4 is 16.7 Å². The van der Waals surface area contributed by atoms with Gasteiger partial charge in [-0.1, -0.05) is 48.5 Å². The van der Waals surface area contributed by atoms with Crippen LogP contribution in [0.5, 0.6) is 11.5 Å². The number of hydrogen-bond donors (Lipinski definition) is 0. The Morgan fingerprint density at radius 2 is 1.69 bits per heavy atom. The van der Waals surface area contributed by atoms with Gasteiger partial charge in [0, 0.05) is 17.0 Å². The van der Waals surface area contributed by atoms with Crippen molar-refractivity contribution in [1.82, 2.24) is 14.7 Å². The predicted molar refractivity (Wildman–Crippen MR) is 134 cm³/mol.